The van der Waals surface area contributed by atoms with Gasteiger partial charge in [0.25, 0.3) is 0 Å². The largest absolute Gasteiger partial charge is 0.446 e. The van der Waals surface area contributed by atoms with Gasteiger partial charge in [0, 0.05) is 23.6 Å². The monoisotopic (exact) mass is 498 g/mol. The van der Waals surface area contributed by atoms with Crippen LogP contribution in [0.3, 0.4) is 0 Å². The van der Waals surface area contributed by atoms with Crippen LogP contribution in [0.2, 0.25) is 5.02 Å². The number of amides is 1. The van der Waals surface area contributed by atoms with Gasteiger partial charge in [-0.05, 0) is 113 Å². The summed E-state index contributed by atoms with van der Waals surface area (Å²) in [5, 5.41) is 0.829. The van der Waals surface area contributed by atoms with E-state index in [4.69, 9.17) is 16.3 Å². The van der Waals surface area contributed by atoms with Crippen LogP contribution >= 0.6 is 27.5 Å². The Kier molecular flexibility index (Phi) is 9.33. The summed E-state index contributed by atoms with van der Waals surface area (Å²) in [4.78, 5) is 15.9. The number of carbonyl (C=O) groups excluding carboxylic acids is 1. The van der Waals surface area contributed by atoms with Gasteiger partial charge in [0.2, 0.25) is 0 Å². The highest BCUT2D eigenvalue weighted by molar-refractivity contribution is 9.10. The fourth-order valence-corrected chi connectivity index (χ4v) is 5.42. The summed E-state index contributed by atoms with van der Waals surface area (Å²) in [5.74, 6) is 1.56. The second-order valence-corrected chi connectivity index (χ2v) is 10.6. The minimum absolute atomic E-state index is 0.120. The number of hydrogen-bond acceptors (Lipinski definition) is 3. The number of piperidine rings is 1. The molecule has 1 saturated heterocycles. The molecule has 30 heavy (non-hydrogen) atoms. The van der Waals surface area contributed by atoms with E-state index in [1.165, 1.54) is 73.1 Å². The fraction of sp³-hybridized carbons (Fsp3) is 0.708. The van der Waals surface area contributed by atoms with Crippen molar-refractivity contribution < 1.29 is 9.53 Å². The standard InChI is InChI=1S/C24H36BrClN2O2/c1-27(2)24(29)30-22-8-5-18(6-9-22)4-3-13-28-14-11-19(12-15-28)16-20-17-21(26)7-10-23(20)25/h7,10,17-19,22H,3-6,8-9,11-16H2,1-2H3. The van der Waals surface area contributed by atoms with Crippen molar-refractivity contribution >= 4 is 33.6 Å². The molecule has 0 atom stereocenters. The van der Waals surface area contributed by atoms with Gasteiger partial charge in [-0.1, -0.05) is 27.5 Å². The molecule has 1 heterocycles. The molecule has 0 aromatic heterocycles. The van der Waals surface area contributed by atoms with Gasteiger partial charge in [0.05, 0.1) is 0 Å². The van der Waals surface area contributed by atoms with Gasteiger partial charge in [-0.25, -0.2) is 4.79 Å². The molecule has 168 valence electrons. The van der Waals surface area contributed by atoms with E-state index in [9.17, 15) is 4.79 Å². The Hall–Kier alpha value is -0.780. The number of benzene rings is 1. The molecule has 0 N–H and O–H groups in total. The van der Waals surface area contributed by atoms with Crippen LogP contribution in [0.15, 0.2) is 22.7 Å². The summed E-state index contributed by atoms with van der Waals surface area (Å²) in [6.07, 6.45) is 10.6. The van der Waals surface area contributed by atoms with Gasteiger partial charge in [-0.3, -0.25) is 0 Å². The molecule has 2 fully saturated rings. The number of likely N-dealkylation sites (tertiary alicyclic amines) is 1. The Morgan fingerprint density at radius 1 is 1.13 bits per heavy atom. The molecular formula is C24H36BrClN2O2. The third-order valence-electron chi connectivity index (χ3n) is 6.74. The Bertz CT molecular complexity index is 684. The third kappa shape index (κ3) is 7.42. The zero-order valence-electron chi connectivity index (χ0n) is 18.4. The predicted octanol–water partition coefficient (Wildman–Crippen LogP) is 6.39. The molecule has 0 unspecified atom stereocenters. The Labute approximate surface area is 195 Å². The first-order valence-electron chi connectivity index (χ1n) is 11.4. The number of carbonyl (C=O) groups is 1. The lowest BCUT2D eigenvalue weighted by molar-refractivity contribution is 0.0453. The van der Waals surface area contributed by atoms with Crippen molar-refractivity contribution in [3.63, 3.8) is 0 Å². The van der Waals surface area contributed by atoms with Crippen molar-refractivity contribution in [1.29, 1.82) is 0 Å². The van der Waals surface area contributed by atoms with Crippen LogP contribution in [0.4, 0.5) is 4.79 Å². The number of ether oxygens (including phenoxy) is 1. The van der Waals surface area contributed by atoms with Crippen molar-refractivity contribution in [2.75, 3.05) is 33.7 Å². The van der Waals surface area contributed by atoms with Crippen LogP contribution in [-0.4, -0.2) is 55.7 Å². The van der Waals surface area contributed by atoms with Crippen molar-refractivity contribution in [3.8, 4) is 0 Å². The lowest BCUT2D eigenvalue weighted by Gasteiger charge is -2.33. The first kappa shape index (κ1) is 23.9. The molecule has 1 aliphatic heterocycles. The molecule has 0 spiro atoms. The molecule has 6 heteroatoms. The van der Waals surface area contributed by atoms with E-state index < -0.39 is 0 Å². The lowest BCUT2D eigenvalue weighted by atomic mass is 9.84. The summed E-state index contributed by atoms with van der Waals surface area (Å²) in [6.45, 7) is 3.66. The van der Waals surface area contributed by atoms with Crippen molar-refractivity contribution in [1.82, 2.24) is 9.80 Å². The molecule has 4 nitrogen and oxygen atoms in total. The summed E-state index contributed by atoms with van der Waals surface area (Å²) in [6, 6.07) is 6.11. The maximum atomic E-state index is 11.7. The number of halogens is 2. The van der Waals surface area contributed by atoms with Crippen LogP contribution in [0.25, 0.3) is 0 Å². The number of rotatable bonds is 7. The Balaban J connectivity index is 1.28. The van der Waals surface area contributed by atoms with Crippen LogP contribution in [0, 0.1) is 11.8 Å². The van der Waals surface area contributed by atoms with Crippen molar-refractivity contribution in [2.24, 2.45) is 11.8 Å². The highest BCUT2D eigenvalue weighted by Crippen LogP contribution is 2.31. The van der Waals surface area contributed by atoms with Crippen LogP contribution in [0.5, 0.6) is 0 Å². The van der Waals surface area contributed by atoms with Gasteiger partial charge in [-0.2, -0.15) is 0 Å². The molecular weight excluding hydrogens is 464 g/mol. The Morgan fingerprint density at radius 3 is 2.50 bits per heavy atom. The molecule has 1 aromatic rings. The van der Waals surface area contributed by atoms with Gasteiger partial charge in [0.1, 0.15) is 6.10 Å². The predicted molar refractivity (Wildman–Crippen MR) is 127 cm³/mol. The minimum Gasteiger partial charge on any atom is -0.446 e. The maximum absolute atomic E-state index is 11.7. The van der Waals surface area contributed by atoms with Crippen molar-refractivity contribution in [3.05, 3.63) is 33.3 Å². The van der Waals surface area contributed by atoms with Crippen molar-refractivity contribution in [2.45, 2.75) is 63.9 Å². The van der Waals surface area contributed by atoms with E-state index in [0.29, 0.717) is 0 Å². The van der Waals surface area contributed by atoms with E-state index in [2.05, 4.69) is 33.0 Å². The summed E-state index contributed by atoms with van der Waals surface area (Å²) < 4.78 is 6.72. The molecule has 3 rings (SSSR count). The zero-order chi connectivity index (χ0) is 21.5. The first-order chi connectivity index (χ1) is 14.4. The average molecular weight is 500 g/mol. The van der Waals surface area contributed by atoms with E-state index >= 15 is 0 Å². The molecule has 1 saturated carbocycles. The van der Waals surface area contributed by atoms with E-state index in [1.54, 1.807) is 14.1 Å². The third-order valence-corrected chi connectivity index (χ3v) is 7.75. The Morgan fingerprint density at radius 2 is 1.83 bits per heavy atom. The second kappa shape index (κ2) is 11.7. The van der Waals surface area contributed by atoms with Gasteiger partial charge < -0.3 is 14.5 Å². The molecule has 1 aromatic carbocycles. The van der Waals surface area contributed by atoms with Crippen LogP contribution in [-0.2, 0) is 11.2 Å². The summed E-state index contributed by atoms with van der Waals surface area (Å²) in [7, 11) is 3.49. The second-order valence-electron chi connectivity index (χ2n) is 9.29. The fourth-order valence-electron chi connectivity index (χ4n) is 4.81. The smallest absolute Gasteiger partial charge is 0.409 e. The average Bonchev–Trinajstić information content (AvgIpc) is 2.73. The quantitative estimate of drug-likeness (QED) is 0.435. The zero-order valence-corrected chi connectivity index (χ0v) is 20.8. The molecule has 1 aliphatic carbocycles. The maximum Gasteiger partial charge on any atom is 0.409 e. The van der Waals surface area contributed by atoms with Gasteiger partial charge in [-0.15, -0.1) is 0 Å². The molecule has 2 aliphatic rings. The van der Waals surface area contributed by atoms with E-state index in [0.717, 1.165) is 36.1 Å². The summed E-state index contributed by atoms with van der Waals surface area (Å²) in [5.41, 5.74) is 1.34. The summed E-state index contributed by atoms with van der Waals surface area (Å²) >= 11 is 9.84. The van der Waals surface area contributed by atoms with Crippen LogP contribution in [0.1, 0.15) is 56.9 Å². The van der Waals surface area contributed by atoms with Gasteiger partial charge in [0.15, 0.2) is 0 Å². The van der Waals surface area contributed by atoms with Gasteiger partial charge >= 0.3 is 6.09 Å². The molecule has 0 bridgehead atoms. The van der Waals surface area contributed by atoms with E-state index in [-0.39, 0.29) is 12.2 Å². The number of hydrogen-bond donors (Lipinski definition) is 0. The highest BCUT2D eigenvalue weighted by atomic mass is 79.9. The molecule has 1 amide bonds. The lowest BCUT2D eigenvalue weighted by Crippen LogP contribution is -2.35. The minimum atomic E-state index is -0.204. The SMILES string of the molecule is CN(C)C(=O)OC1CCC(CCCN2CCC(Cc3cc(Cl)ccc3Br)CC2)CC1. The topological polar surface area (TPSA) is 32.8 Å². The first-order valence-corrected chi connectivity index (χ1v) is 12.6. The molecule has 0 radical (unpaired) electrons. The van der Waals surface area contributed by atoms with Crippen LogP contribution < -0.4 is 0 Å². The number of nitrogens with zero attached hydrogens (tertiary/aromatic N) is 2. The van der Waals surface area contributed by atoms with E-state index in [1.807, 2.05) is 6.07 Å². The highest BCUT2D eigenvalue weighted by Gasteiger charge is 2.25. The normalized spacial score (nSPS) is 23.3.